The highest BCUT2D eigenvalue weighted by Gasteiger charge is 2.28. The van der Waals surface area contributed by atoms with Crippen LogP contribution in [-0.4, -0.2) is 75.1 Å². The van der Waals surface area contributed by atoms with Crippen molar-refractivity contribution < 1.29 is 22.7 Å². The Hall–Kier alpha value is -3.54. The summed E-state index contributed by atoms with van der Waals surface area (Å²) in [5.74, 6) is -0.399. The highest BCUT2D eigenvalue weighted by atomic mass is 19.4. The lowest BCUT2D eigenvalue weighted by molar-refractivity contribution is -0.115. The van der Waals surface area contributed by atoms with Crippen molar-refractivity contribution in [2.24, 2.45) is 0 Å². The molecule has 3 aromatic heterocycles. The number of amides is 1. The molecule has 0 aromatic carbocycles. The number of aromatic nitrogens is 4. The third kappa shape index (κ3) is 4.69. The van der Waals surface area contributed by atoms with Gasteiger partial charge < -0.3 is 15.0 Å². The Morgan fingerprint density at radius 1 is 1.19 bits per heavy atom. The van der Waals surface area contributed by atoms with Gasteiger partial charge in [-0.3, -0.25) is 20.2 Å². The van der Waals surface area contributed by atoms with Gasteiger partial charge in [0.15, 0.2) is 0 Å². The van der Waals surface area contributed by atoms with Crippen molar-refractivity contribution in [1.29, 1.82) is 5.41 Å². The fourth-order valence-corrected chi connectivity index (χ4v) is 3.40. The van der Waals surface area contributed by atoms with Crippen molar-refractivity contribution in [1.82, 2.24) is 24.5 Å². The first-order chi connectivity index (χ1) is 15.3. The first-order valence-electron chi connectivity index (χ1n) is 9.88. The molecule has 168 valence electrons. The zero-order valence-corrected chi connectivity index (χ0v) is 16.9. The molecule has 1 aliphatic rings. The van der Waals surface area contributed by atoms with Crippen LogP contribution in [0.25, 0.3) is 5.52 Å². The number of nitrogens with zero attached hydrogens (tertiary/aromatic N) is 5. The van der Waals surface area contributed by atoms with Crippen LogP contribution in [0.2, 0.25) is 0 Å². The van der Waals surface area contributed by atoms with Gasteiger partial charge in [-0.1, -0.05) is 0 Å². The summed E-state index contributed by atoms with van der Waals surface area (Å²) in [5.41, 5.74) is 0.897. The molecular formula is C20H20F3N7O2. The summed E-state index contributed by atoms with van der Waals surface area (Å²) in [4.78, 5) is 22.6. The van der Waals surface area contributed by atoms with Crippen LogP contribution in [0.1, 0.15) is 28.0 Å². The number of nitrogens with one attached hydrogen (secondary N) is 2. The SMILES string of the molecule is N=C(c1cnc(C(=O)N2CCCOCC2)cc1NCC(F)(F)F)c1cnn2ccncc12. The second kappa shape index (κ2) is 8.91. The molecule has 0 aliphatic carbocycles. The predicted octanol–water partition coefficient (Wildman–Crippen LogP) is 2.38. The van der Waals surface area contributed by atoms with E-state index in [2.05, 4.69) is 20.4 Å². The molecule has 32 heavy (non-hydrogen) atoms. The minimum atomic E-state index is -4.48. The van der Waals surface area contributed by atoms with Crippen LogP contribution in [0.5, 0.6) is 0 Å². The zero-order chi connectivity index (χ0) is 22.7. The third-order valence-electron chi connectivity index (χ3n) is 4.98. The summed E-state index contributed by atoms with van der Waals surface area (Å²) < 4.78 is 45.6. The molecule has 1 saturated heterocycles. The van der Waals surface area contributed by atoms with E-state index in [-0.39, 0.29) is 22.7 Å². The molecular weight excluding hydrogens is 427 g/mol. The van der Waals surface area contributed by atoms with Crippen molar-refractivity contribution in [3.63, 3.8) is 0 Å². The summed E-state index contributed by atoms with van der Waals surface area (Å²) in [6.45, 7) is 0.451. The Balaban J connectivity index is 1.69. The molecule has 4 rings (SSSR count). The third-order valence-corrected chi connectivity index (χ3v) is 4.98. The molecule has 12 heteroatoms. The van der Waals surface area contributed by atoms with Gasteiger partial charge in [0, 0.05) is 55.1 Å². The van der Waals surface area contributed by atoms with Crippen LogP contribution < -0.4 is 5.32 Å². The summed E-state index contributed by atoms with van der Waals surface area (Å²) in [5, 5.41) is 15.0. The molecule has 9 nitrogen and oxygen atoms in total. The van der Waals surface area contributed by atoms with Crippen LogP contribution in [0.4, 0.5) is 18.9 Å². The number of ether oxygens (including phenoxy) is 1. The van der Waals surface area contributed by atoms with Gasteiger partial charge in [-0.05, 0) is 12.5 Å². The van der Waals surface area contributed by atoms with Crippen LogP contribution in [0.3, 0.4) is 0 Å². The maximum Gasteiger partial charge on any atom is 0.405 e. The number of hydrogen-bond donors (Lipinski definition) is 2. The lowest BCUT2D eigenvalue weighted by Crippen LogP contribution is -2.34. The summed E-state index contributed by atoms with van der Waals surface area (Å²) >= 11 is 0. The summed E-state index contributed by atoms with van der Waals surface area (Å²) in [6, 6.07) is 1.26. The molecule has 1 aliphatic heterocycles. The van der Waals surface area contributed by atoms with Crippen LogP contribution in [0.15, 0.2) is 37.1 Å². The summed E-state index contributed by atoms with van der Waals surface area (Å²) in [7, 11) is 0. The van der Waals surface area contributed by atoms with Gasteiger partial charge in [-0.15, -0.1) is 0 Å². The molecule has 0 atom stereocenters. The van der Waals surface area contributed by atoms with E-state index in [0.717, 1.165) is 0 Å². The summed E-state index contributed by atoms with van der Waals surface area (Å²) in [6.07, 6.45) is 3.48. The molecule has 0 spiro atoms. The topological polar surface area (TPSA) is 108 Å². The number of hydrogen-bond acceptors (Lipinski definition) is 7. The van der Waals surface area contributed by atoms with Crippen molar-refractivity contribution in [2.75, 3.05) is 38.2 Å². The van der Waals surface area contributed by atoms with E-state index >= 15 is 0 Å². The first kappa shape index (κ1) is 21.7. The maximum atomic E-state index is 12.9. The number of rotatable bonds is 5. The molecule has 3 aromatic rings. The van der Waals surface area contributed by atoms with E-state index in [1.54, 1.807) is 11.1 Å². The van der Waals surface area contributed by atoms with Crippen molar-refractivity contribution in [3.05, 3.63) is 53.9 Å². The number of anilines is 1. The normalized spacial score (nSPS) is 14.9. The number of pyridine rings is 1. The highest BCUT2D eigenvalue weighted by Crippen LogP contribution is 2.24. The van der Waals surface area contributed by atoms with E-state index in [1.807, 2.05) is 0 Å². The Morgan fingerprint density at radius 2 is 2.03 bits per heavy atom. The molecule has 0 saturated carbocycles. The minimum Gasteiger partial charge on any atom is -0.380 e. The van der Waals surface area contributed by atoms with Crippen LogP contribution >= 0.6 is 0 Å². The van der Waals surface area contributed by atoms with E-state index < -0.39 is 18.6 Å². The van der Waals surface area contributed by atoms with Gasteiger partial charge in [-0.2, -0.15) is 18.3 Å². The zero-order valence-electron chi connectivity index (χ0n) is 16.9. The number of carbonyl (C=O) groups is 1. The average molecular weight is 447 g/mol. The highest BCUT2D eigenvalue weighted by molar-refractivity contribution is 6.17. The first-order valence-corrected chi connectivity index (χ1v) is 9.88. The van der Waals surface area contributed by atoms with Crippen LogP contribution in [0, 0.1) is 5.41 Å². The molecule has 0 radical (unpaired) electrons. The lowest BCUT2D eigenvalue weighted by atomic mass is 10.0. The fraction of sp³-hybridized carbons (Fsp3) is 0.350. The average Bonchev–Trinajstić information content (AvgIpc) is 3.02. The minimum absolute atomic E-state index is 0.00495. The van der Waals surface area contributed by atoms with Crippen molar-refractivity contribution in [2.45, 2.75) is 12.6 Å². The van der Waals surface area contributed by atoms with Gasteiger partial charge in [0.1, 0.15) is 12.2 Å². The quantitative estimate of drug-likeness (QED) is 0.582. The smallest absolute Gasteiger partial charge is 0.380 e. The maximum absolute atomic E-state index is 12.9. The molecule has 2 N–H and O–H groups in total. The van der Waals surface area contributed by atoms with E-state index in [9.17, 15) is 18.0 Å². The predicted molar refractivity (Wildman–Crippen MR) is 109 cm³/mol. The van der Waals surface area contributed by atoms with Crippen LogP contribution in [-0.2, 0) is 4.74 Å². The van der Waals surface area contributed by atoms with E-state index in [1.165, 1.54) is 35.4 Å². The second-order valence-corrected chi connectivity index (χ2v) is 7.18. The fourth-order valence-electron chi connectivity index (χ4n) is 3.40. The number of alkyl halides is 3. The Kier molecular flexibility index (Phi) is 6.04. The van der Waals surface area contributed by atoms with Gasteiger partial charge >= 0.3 is 6.18 Å². The van der Waals surface area contributed by atoms with E-state index in [0.29, 0.717) is 43.8 Å². The monoisotopic (exact) mass is 447 g/mol. The number of halogens is 3. The van der Waals surface area contributed by atoms with Crippen molar-refractivity contribution >= 4 is 22.8 Å². The van der Waals surface area contributed by atoms with Crippen molar-refractivity contribution in [3.8, 4) is 0 Å². The number of fused-ring (bicyclic) bond motifs is 1. The molecule has 0 unspecified atom stereocenters. The molecule has 1 fully saturated rings. The van der Waals surface area contributed by atoms with Gasteiger partial charge in [0.05, 0.1) is 30.2 Å². The number of carbonyl (C=O) groups excluding carboxylic acids is 1. The molecule has 1 amide bonds. The Bertz CT molecular complexity index is 1140. The standard InChI is InChI=1S/C20H20F3N7O2/c21-20(22,23)12-27-15-8-16(19(31)29-3-1-6-32-7-5-29)26-9-13(15)18(24)14-10-28-30-4-2-25-11-17(14)30/h2,4,8-11,24H,1,3,5-7,12H2,(H,26,27). The Labute approximate surface area is 180 Å². The molecule has 0 bridgehead atoms. The second-order valence-electron chi connectivity index (χ2n) is 7.18. The van der Waals surface area contributed by atoms with Gasteiger partial charge in [0.25, 0.3) is 5.91 Å². The largest absolute Gasteiger partial charge is 0.405 e. The lowest BCUT2D eigenvalue weighted by Gasteiger charge is -2.20. The van der Waals surface area contributed by atoms with Gasteiger partial charge in [-0.25, -0.2) is 4.52 Å². The van der Waals surface area contributed by atoms with E-state index in [4.69, 9.17) is 10.1 Å². The Morgan fingerprint density at radius 3 is 2.84 bits per heavy atom. The molecule has 4 heterocycles. The van der Waals surface area contributed by atoms with Gasteiger partial charge in [0.2, 0.25) is 0 Å².